The van der Waals surface area contributed by atoms with Crippen molar-refractivity contribution >= 4 is 73.7 Å². The summed E-state index contributed by atoms with van der Waals surface area (Å²) in [5.41, 5.74) is 35.8. The maximum absolute atomic E-state index is 10.0. The number of pyridine rings is 5. The number of aliphatic hydroxyl groups is 3. The van der Waals surface area contributed by atoms with Gasteiger partial charge in [0.15, 0.2) is 17.3 Å². The molecule has 0 atom stereocenters. The third kappa shape index (κ3) is 40.6. The number of allylic oxidation sites excluding steroid dienone is 6. The Labute approximate surface area is 924 Å². The summed E-state index contributed by atoms with van der Waals surface area (Å²) in [5.74, 6) is -0.187. The Hall–Kier alpha value is -13.4. The van der Waals surface area contributed by atoms with Crippen LogP contribution >= 0.6 is 0 Å². The monoisotopic (exact) mass is 2800 g/mol. The SMILES string of the molecule is CC(=O)C=C(C)O.CC(=O)C=C(C)O.CC(=O)C=C(C)O.Cc1[c-]c(-c2[c-]ccc3cc(C)ccc23)cc(C)c1.Cc1[c-]c(-c2ccc3cc(C)ccc3n2)cc(C)c1.Cc1[c-]c(-c2ccc3ccc(C)cc3n2)cc(C)c1.Cc1cc(C)c(-c2[c-]cccc2)nc1-c1[c-]cccc1.Cc1cc(C)c(-c2ccccn2)[c-]c1-c1ccccn1.[Ir+3].[Ir].[Ir].[Ir].[Pt+2].[c-]1ccccc1C=Nc1ccccc1N=Cc1[c-]cccc1. The van der Waals surface area contributed by atoms with Crippen LogP contribution in [0.4, 0.5) is 11.4 Å². The molecule has 0 unspecified atom stereocenters. The molecule has 13 nitrogen and oxygen atoms in total. The molecule has 5 heterocycles. The van der Waals surface area contributed by atoms with E-state index < -0.39 is 0 Å². The largest absolute Gasteiger partial charge is 3.00 e. The van der Waals surface area contributed by atoms with E-state index in [1.54, 1.807) is 12.4 Å². The van der Waals surface area contributed by atoms with Crippen molar-refractivity contribution in [2.24, 2.45) is 9.98 Å². The second-order valence-corrected chi connectivity index (χ2v) is 34.0. The molecule has 3 N–H and O–H groups in total. The second-order valence-electron chi connectivity index (χ2n) is 34.0. The molecular formula is C127H116Ir4N7O6Pt-4. The fourth-order valence-electron chi connectivity index (χ4n) is 15.0. The van der Waals surface area contributed by atoms with Gasteiger partial charge in [-0.25, -0.2) is 11.1 Å². The number of carbonyl (C=O) groups is 3. The molecule has 0 aliphatic heterocycles. The molecule has 18 heteroatoms. The third-order valence-electron chi connectivity index (χ3n) is 20.8. The van der Waals surface area contributed by atoms with E-state index in [9.17, 15) is 14.4 Å². The van der Waals surface area contributed by atoms with E-state index in [-0.39, 0.29) is 136 Å². The molecule has 0 aliphatic rings. The molecule has 145 heavy (non-hydrogen) atoms. The average molecular weight is 2800 g/mol. The smallest absolute Gasteiger partial charge is 0.512 e. The number of fused-ring (bicyclic) bond motifs is 3. The van der Waals surface area contributed by atoms with E-state index in [4.69, 9.17) is 30.3 Å². The van der Waals surface area contributed by atoms with Gasteiger partial charge in [0.25, 0.3) is 0 Å². The number of benzene rings is 13. The zero-order valence-electron chi connectivity index (χ0n) is 84.7. The molecule has 0 aliphatic carbocycles. The first kappa shape index (κ1) is 122. The van der Waals surface area contributed by atoms with Crippen LogP contribution in [-0.2, 0) is 116 Å². The van der Waals surface area contributed by atoms with Crippen molar-refractivity contribution in [2.75, 3.05) is 0 Å². The van der Waals surface area contributed by atoms with Crippen LogP contribution < -0.4 is 0 Å². The maximum atomic E-state index is 10.0. The fourth-order valence-corrected chi connectivity index (χ4v) is 15.0. The number of aryl methyl sites for hydroxylation is 13. The van der Waals surface area contributed by atoms with Crippen molar-refractivity contribution in [3.8, 4) is 78.7 Å². The molecule has 5 aromatic heterocycles. The summed E-state index contributed by atoms with van der Waals surface area (Å²) in [4.78, 5) is 62.3. The Morgan fingerprint density at radius 1 is 0.297 bits per heavy atom. The van der Waals surface area contributed by atoms with Crippen LogP contribution in [0.2, 0.25) is 0 Å². The van der Waals surface area contributed by atoms with Crippen LogP contribution in [0.3, 0.4) is 0 Å². The summed E-state index contributed by atoms with van der Waals surface area (Å²) in [6.07, 6.45) is 10.7. The number of nitrogens with zero attached hydrogens (tertiary/aromatic N) is 7. The van der Waals surface area contributed by atoms with Crippen molar-refractivity contribution in [1.29, 1.82) is 0 Å². The van der Waals surface area contributed by atoms with Crippen molar-refractivity contribution < 1.29 is 131 Å². The minimum Gasteiger partial charge on any atom is -0.512 e. The molecular weight excluding hydrogens is 2680 g/mol. The molecule has 745 valence electrons. The van der Waals surface area contributed by atoms with E-state index >= 15 is 0 Å². The van der Waals surface area contributed by atoms with Gasteiger partial charge in [-0.1, -0.05) is 186 Å². The van der Waals surface area contributed by atoms with E-state index in [0.717, 1.165) is 123 Å². The third-order valence-corrected chi connectivity index (χ3v) is 20.8. The van der Waals surface area contributed by atoms with Crippen LogP contribution in [-0.4, -0.2) is 70.0 Å². The number of aliphatic hydroxyl groups excluding tert-OH is 3. The zero-order chi connectivity index (χ0) is 101. The molecule has 18 rings (SSSR count). The van der Waals surface area contributed by atoms with E-state index in [1.807, 2.05) is 176 Å². The summed E-state index contributed by atoms with van der Waals surface area (Å²) in [6, 6.07) is 130. The molecule has 0 amide bonds. The number of carbonyl (C=O) groups excluding carboxylic acids is 3. The van der Waals surface area contributed by atoms with Crippen LogP contribution in [0.15, 0.2) is 355 Å². The number of rotatable bonds is 14. The number of aliphatic imine (C=N–C) groups is 2. The summed E-state index contributed by atoms with van der Waals surface area (Å²) in [6.45, 7) is 35.8. The summed E-state index contributed by atoms with van der Waals surface area (Å²) in [5, 5.41) is 30.0. The molecule has 0 spiro atoms. The summed E-state index contributed by atoms with van der Waals surface area (Å²) >= 11 is 0. The molecule has 13 aromatic carbocycles. The molecule has 0 saturated heterocycles. The van der Waals surface area contributed by atoms with Gasteiger partial charge in [-0.3, -0.25) is 34.3 Å². The Kier molecular flexibility index (Phi) is 52.5. The number of hydrogen-bond donors (Lipinski definition) is 3. The first-order chi connectivity index (χ1) is 67.2. The van der Waals surface area contributed by atoms with Gasteiger partial charge in [-0.2, -0.15) is 24.3 Å². The topological polar surface area (TPSA) is 201 Å². The van der Waals surface area contributed by atoms with E-state index in [0.29, 0.717) is 0 Å². The van der Waals surface area contributed by atoms with Crippen LogP contribution in [0.25, 0.3) is 111 Å². The average Bonchev–Trinajstić information content (AvgIpc) is 0.802. The normalized spacial score (nSPS) is 10.5. The fraction of sp³-hybridized carbons (Fsp3) is 0.150. The molecule has 18 aromatic rings. The van der Waals surface area contributed by atoms with Gasteiger partial charge >= 0.3 is 41.2 Å². The summed E-state index contributed by atoms with van der Waals surface area (Å²) < 4.78 is 0. The second kappa shape index (κ2) is 62.4. The van der Waals surface area contributed by atoms with Gasteiger partial charge in [0.1, 0.15) is 0 Å². The van der Waals surface area contributed by atoms with Crippen molar-refractivity contribution in [3.63, 3.8) is 0 Å². The predicted molar refractivity (Wildman–Crippen MR) is 578 cm³/mol. The Bertz CT molecular complexity index is 6960. The molecule has 0 bridgehead atoms. The maximum Gasteiger partial charge on any atom is 3.00 e. The Morgan fingerprint density at radius 3 is 1.08 bits per heavy atom. The number of aromatic nitrogens is 5. The van der Waals surface area contributed by atoms with E-state index in [2.05, 4.69) is 298 Å². The van der Waals surface area contributed by atoms with Gasteiger partial charge in [0.05, 0.1) is 39.7 Å². The molecule has 0 saturated carbocycles. The standard InChI is InChI=1S/C20H14N2.C19H15N.C19H16.C18H15N2.2C18H16N.3C5H8O2.4Ir.Pt/c1-3-9-17(10-4-1)15-21-19-13-7-8-14-20(19)22-16-18-11-5-2-6-12-18;1-14-13-15(2)19(17-11-7-4-8-12-17)20-18(14)16-9-5-3-6-10-16;1-13-7-8-19-16(10-13)5-4-6-18(19)17-11-14(2)9-15(3)12-17;1-13-11-14(2)16(18-8-4-6-10-20-18)12-15(13)17-7-3-5-9-19-17;1-12-4-6-17-15(9-12)5-7-18(19-17)16-10-13(2)8-14(3)11-16;1-12-4-5-15-6-7-17(19-18(15)11-12)16-9-13(2)8-14(3)10-16;3*1-4(6)3-5(2)7;;;;;/h1-9,11,13-16H;3-9,11,13H,1-2H3;4-5,7-11H,1-3H3;3-11H,1-2H3;4-10H,1-3H3;4-9,11H,1-3H3;3*3,6H,1-2H3;;;;;/q3*-2;3*-1;;;;;;;+3;+2. The number of ketones is 3. The first-order valence-corrected chi connectivity index (χ1v) is 45.9. The van der Waals surface area contributed by atoms with Crippen molar-refractivity contribution in [2.45, 2.75) is 132 Å². The van der Waals surface area contributed by atoms with Gasteiger partial charge in [0.2, 0.25) is 0 Å². The molecule has 3 radical (unpaired) electrons. The first-order valence-electron chi connectivity index (χ1n) is 45.9. The van der Waals surface area contributed by atoms with Gasteiger partial charge in [-0.05, 0) is 170 Å². The van der Waals surface area contributed by atoms with Gasteiger partial charge in [0, 0.05) is 102 Å². The number of hydrogen-bond acceptors (Lipinski definition) is 13. The quantitative estimate of drug-likeness (QED) is 0.0405. The number of para-hydroxylation sites is 2. The van der Waals surface area contributed by atoms with Crippen molar-refractivity contribution in [1.82, 2.24) is 24.9 Å². The van der Waals surface area contributed by atoms with Gasteiger partial charge in [-0.15, -0.1) is 277 Å². The minimum absolute atomic E-state index is 0. The summed E-state index contributed by atoms with van der Waals surface area (Å²) in [7, 11) is 0. The Balaban J connectivity index is 0.000000292. The van der Waals surface area contributed by atoms with E-state index in [1.165, 1.54) is 143 Å². The van der Waals surface area contributed by atoms with Gasteiger partial charge < -0.3 is 30.3 Å². The minimum atomic E-state index is -0.125. The Morgan fingerprint density at radius 2 is 0.676 bits per heavy atom. The van der Waals surface area contributed by atoms with Crippen LogP contribution in [0.1, 0.15) is 125 Å². The van der Waals surface area contributed by atoms with Crippen LogP contribution in [0.5, 0.6) is 0 Å². The molecule has 0 fully saturated rings. The predicted octanol–water partition coefficient (Wildman–Crippen LogP) is 31.0. The van der Waals surface area contributed by atoms with Crippen molar-refractivity contribution in [3.05, 3.63) is 483 Å². The zero-order valence-corrected chi connectivity index (χ0v) is 96.5. The van der Waals surface area contributed by atoms with Crippen LogP contribution in [0, 0.1) is 145 Å².